The molecule has 0 amide bonds. The van der Waals surface area contributed by atoms with E-state index in [4.69, 9.17) is 5.73 Å². The minimum absolute atomic E-state index is 0.171. The van der Waals surface area contributed by atoms with Crippen molar-refractivity contribution in [2.75, 3.05) is 6.54 Å². The van der Waals surface area contributed by atoms with Crippen LogP contribution in [0, 0.1) is 0 Å². The van der Waals surface area contributed by atoms with Gasteiger partial charge in [0.1, 0.15) is 0 Å². The second kappa shape index (κ2) is 6.10. The van der Waals surface area contributed by atoms with Crippen molar-refractivity contribution >= 4 is 29.4 Å². The molecule has 0 saturated carbocycles. The van der Waals surface area contributed by atoms with Crippen LogP contribution in [-0.4, -0.2) is 19.3 Å². The summed E-state index contributed by atoms with van der Waals surface area (Å²) in [5, 5.41) is 8.50. The molecule has 0 fully saturated rings. The van der Waals surface area contributed by atoms with Crippen LogP contribution in [0.5, 0.6) is 0 Å². The predicted molar refractivity (Wildman–Crippen MR) is 77.5 cm³/mol. The molecule has 2 nitrogen and oxygen atoms in total. The van der Waals surface area contributed by atoms with E-state index in [1.165, 1.54) is 11.1 Å². The van der Waals surface area contributed by atoms with Gasteiger partial charge in [-0.25, -0.2) is 0 Å². The van der Waals surface area contributed by atoms with Gasteiger partial charge in [-0.15, -0.1) is 0 Å². The highest BCUT2D eigenvalue weighted by Crippen LogP contribution is 2.26. The lowest BCUT2D eigenvalue weighted by Gasteiger charge is -2.21. The zero-order chi connectivity index (χ0) is 12.1. The summed E-state index contributed by atoms with van der Waals surface area (Å²) >= 11 is 3.42. The predicted octanol–water partition coefficient (Wildman–Crippen LogP) is 3.16. The van der Waals surface area contributed by atoms with Crippen molar-refractivity contribution in [3.63, 3.8) is 0 Å². The van der Waals surface area contributed by atoms with Crippen molar-refractivity contribution in [2.45, 2.75) is 18.4 Å². The number of aliphatic imine (C=N–C) groups is 1. The summed E-state index contributed by atoms with van der Waals surface area (Å²) in [6.07, 6.45) is 0.921. The molecule has 2 aromatic heterocycles. The normalized spacial score (nSPS) is 14.4. The average Bonchev–Trinajstić information content (AvgIpc) is 3.00. The molecule has 0 radical (unpaired) electrons. The second-order valence-electron chi connectivity index (χ2n) is 3.98. The van der Waals surface area contributed by atoms with Crippen LogP contribution in [0.2, 0.25) is 0 Å². The molecule has 2 aromatic rings. The van der Waals surface area contributed by atoms with E-state index in [1.54, 1.807) is 22.7 Å². The van der Waals surface area contributed by atoms with Crippen LogP contribution in [0.4, 0.5) is 0 Å². The lowest BCUT2D eigenvalue weighted by atomic mass is 9.90. The topological polar surface area (TPSA) is 38.4 Å². The van der Waals surface area contributed by atoms with Gasteiger partial charge in [0.05, 0.1) is 6.04 Å². The lowest BCUT2D eigenvalue weighted by molar-refractivity contribution is 0.542. The van der Waals surface area contributed by atoms with Gasteiger partial charge in [-0.1, -0.05) is 0 Å². The Hall–Kier alpha value is -0.970. The summed E-state index contributed by atoms with van der Waals surface area (Å²) in [6.45, 7) is 4.34. The molecule has 0 aliphatic heterocycles. The van der Waals surface area contributed by atoms with E-state index < -0.39 is 0 Å². The van der Waals surface area contributed by atoms with Crippen molar-refractivity contribution in [2.24, 2.45) is 10.7 Å². The number of rotatable bonds is 6. The van der Waals surface area contributed by atoms with Gasteiger partial charge in [-0.3, -0.25) is 4.99 Å². The summed E-state index contributed by atoms with van der Waals surface area (Å²) in [6, 6.07) is 4.45. The van der Waals surface area contributed by atoms with Crippen molar-refractivity contribution in [3.05, 3.63) is 44.8 Å². The van der Waals surface area contributed by atoms with Crippen LogP contribution >= 0.6 is 22.7 Å². The molecular formula is C13H16N2S2. The van der Waals surface area contributed by atoms with Crippen LogP contribution < -0.4 is 5.73 Å². The summed E-state index contributed by atoms with van der Waals surface area (Å²) in [5.74, 6) is 0.277. The van der Waals surface area contributed by atoms with Crippen molar-refractivity contribution in [1.82, 2.24) is 0 Å². The molecule has 0 spiro atoms. The number of thiophene rings is 2. The third kappa shape index (κ3) is 3.03. The van der Waals surface area contributed by atoms with E-state index in [-0.39, 0.29) is 12.0 Å². The number of nitrogens with zero attached hydrogens (tertiary/aromatic N) is 1. The first-order chi connectivity index (χ1) is 8.35. The van der Waals surface area contributed by atoms with Gasteiger partial charge in [-0.2, -0.15) is 22.7 Å². The standard InChI is InChI=1S/C13H16N2S2/c1-15-13(6-10-2-4-16-8-10)12(7-14)11-3-5-17-9-11/h2-5,8-9,12-13H,1,6-7,14H2. The fraction of sp³-hybridized carbons (Fsp3) is 0.308. The smallest absolute Gasteiger partial charge is 0.0613 e. The van der Waals surface area contributed by atoms with Gasteiger partial charge in [0.2, 0.25) is 0 Å². The molecule has 0 bridgehead atoms. The molecule has 0 aliphatic rings. The maximum absolute atomic E-state index is 5.89. The van der Waals surface area contributed by atoms with Crippen molar-refractivity contribution in [3.8, 4) is 0 Å². The van der Waals surface area contributed by atoms with E-state index in [1.807, 2.05) is 0 Å². The fourth-order valence-electron chi connectivity index (χ4n) is 1.99. The minimum atomic E-state index is 0.171. The molecule has 2 N–H and O–H groups in total. The number of hydrogen-bond acceptors (Lipinski definition) is 4. The summed E-state index contributed by atoms with van der Waals surface area (Å²) in [7, 11) is 0. The molecule has 4 heteroatoms. The van der Waals surface area contributed by atoms with Gasteiger partial charge < -0.3 is 5.73 Å². The van der Waals surface area contributed by atoms with Crippen LogP contribution in [-0.2, 0) is 6.42 Å². The largest absolute Gasteiger partial charge is 0.330 e. The van der Waals surface area contributed by atoms with E-state index in [0.29, 0.717) is 6.54 Å². The quantitative estimate of drug-likeness (QED) is 0.800. The molecule has 2 unspecified atom stereocenters. The van der Waals surface area contributed by atoms with Crippen LogP contribution in [0.25, 0.3) is 0 Å². The average molecular weight is 264 g/mol. The van der Waals surface area contributed by atoms with E-state index in [2.05, 4.69) is 45.4 Å². The van der Waals surface area contributed by atoms with E-state index >= 15 is 0 Å². The first-order valence-electron chi connectivity index (χ1n) is 5.54. The SMILES string of the molecule is C=NC(Cc1ccsc1)C(CN)c1ccsc1. The second-order valence-corrected chi connectivity index (χ2v) is 5.54. The maximum atomic E-state index is 5.89. The van der Waals surface area contributed by atoms with E-state index in [0.717, 1.165) is 6.42 Å². The van der Waals surface area contributed by atoms with Crippen LogP contribution in [0.15, 0.2) is 38.6 Å². The Morgan fingerprint density at radius 3 is 2.53 bits per heavy atom. The molecular weight excluding hydrogens is 248 g/mol. The highest BCUT2D eigenvalue weighted by atomic mass is 32.1. The molecule has 2 rings (SSSR count). The fourth-order valence-corrected chi connectivity index (χ4v) is 3.39. The third-order valence-corrected chi connectivity index (χ3v) is 4.38. The molecule has 0 aliphatic carbocycles. The first kappa shape index (κ1) is 12.5. The monoisotopic (exact) mass is 264 g/mol. The van der Waals surface area contributed by atoms with Crippen molar-refractivity contribution < 1.29 is 0 Å². The van der Waals surface area contributed by atoms with Crippen LogP contribution in [0.1, 0.15) is 17.0 Å². The highest BCUT2D eigenvalue weighted by Gasteiger charge is 2.21. The third-order valence-electron chi connectivity index (χ3n) is 2.95. The Kier molecular flexibility index (Phi) is 4.48. The number of hydrogen-bond donors (Lipinski definition) is 1. The molecule has 0 aromatic carbocycles. The minimum Gasteiger partial charge on any atom is -0.330 e. The Morgan fingerprint density at radius 2 is 2.00 bits per heavy atom. The Labute approximate surface area is 110 Å². The Morgan fingerprint density at radius 1 is 1.24 bits per heavy atom. The molecule has 0 saturated heterocycles. The summed E-state index contributed by atoms with van der Waals surface area (Å²) in [4.78, 5) is 4.27. The first-order valence-corrected chi connectivity index (χ1v) is 7.42. The van der Waals surface area contributed by atoms with Gasteiger partial charge >= 0.3 is 0 Å². The Balaban J connectivity index is 2.13. The highest BCUT2D eigenvalue weighted by molar-refractivity contribution is 7.08. The van der Waals surface area contributed by atoms with Crippen molar-refractivity contribution in [1.29, 1.82) is 0 Å². The number of nitrogens with two attached hydrogens (primary N) is 1. The van der Waals surface area contributed by atoms with Gasteiger partial charge in [0, 0.05) is 12.5 Å². The maximum Gasteiger partial charge on any atom is 0.0613 e. The molecule has 2 atom stereocenters. The summed E-state index contributed by atoms with van der Waals surface area (Å²) in [5.41, 5.74) is 8.49. The van der Waals surface area contributed by atoms with Crippen LogP contribution in [0.3, 0.4) is 0 Å². The molecule has 90 valence electrons. The zero-order valence-electron chi connectivity index (χ0n) is 9.58. The Bertz CT molecular complexity index is 434. The molecule has 2 heterocycles. The zero-order valence-corrected chi connectivity index (χ0v) is 11.2. The van der Waals surface area contributed by atoms with E-state index in [9.17, 15) is 0 Å². The van der Waals surface area contributed by atoms with Gasteiger partial charge in [0.15, 0.2) is 0 Å². The van der Waals surface area contributed by atoms with Gasteiger partial charge in [0.25, 0.3) is 0 Å². The van der Waals surface area contributed by atoms with Gasteiger partial charge in [-0.05, 0) is 57.9 Å². The lowest BCUT2D eigenvalue weighted by Crippen LogP contribution is -2.25. The summed E-state index contributed by atoms with van der Waals surface area (Å²) < 4.78 is 0. The molecule has 17 heavy (non-hydrogen) atoms.